The van der Waals surface area contributed by atoms with E-state index < -0.39 is 0 Å². The molecule has 0 unspecified atom stereocenters. The van der Waals surface area contributed by atoms with Crippen LogP contribution in [0.25, 0.3) is 5.65 Å². The minimum atomic E-state index is -0.242. The molecule has 23 heavy (non-hydrogen) atoms. The number of carbonyl (C=O) groups excluding carboxylic acids is 1. The molecule has 1 saturated heterocycles. The number of rotatable bonds is 4. The first kappa shape index (κ1) is 15.2. The van der Waals surface area contributed by atoms with Crippen LogP contribution >= 0.6 is 0 Å². The van der Waals surface area contributed by atoms with Crippen LogP contribution in [0.1, 0.15) is 10.4 Å². The maximum atomic E-state index is 12.5. The topological polar surface area (TPSA) is 75.9 Å². The number of anilines is 1. The van der Waals surface area contributed by atoms with Gasteiger partial charge in [0, 0.05) is 25.8 Å². The van der Waals surface area contributed by atoms with E-state index in [0.717, 1.165) is 0 Å². The zero-order chi connectivity index (χ0) is 16.2. The van der Waals surface area contributed by atoms with Gasteiger partial charge in [0.15, 0.2) is 0 Å². The summed E-state index contributed by atoms with van der Waals surface area (Å²) in [5.41, 5.74) is 1.09. The Morgan fingerprint density at radius 3 is 2.91 bits per heavy atom. The monoisotopic (exact) mass is 314 g/mol. The van der Waals surface area contributed by atoms with E-state index in [2.05, 4.69) is 16.9 Å². The third-order valence-electron chi connectivity index (χ3n) is 3.68. The Balaban J connectivity index is 1.96. The molecule has 0 saturated carbocycles. The van der Waals surface area contributed by atoms with E-state index in [1.165, 1.54) is 10.6 Å². The first-order chi connectivity index (χ1) is 11.2. The molecular formula is C16H18N4O3. The SMILES string of the molecule is C=CCNc1cnc2ccc(C(=O)N3CCOCC3)cn2c1=O. The molecule has 7 heteroatoms. The molecule has 2 aromatic rings. The van der Waals surface area contributed by atoms with E-state index >= 15 is 0 Å². The fraction of sp³-hybridized carbons (Fsp3) is 0.312. The van der Waals surface area contributed by atoms with E-state index in [1.807, 2.05) is 0 Å². The molecule has 1 amide bonds. The van der Waals surface area contributed by atoms with Crippen molar-refractivity contribution in [2.24, 2.45) is 0 Å². The number of nitrogens with one attached hydrogen (secondary N) is 1. The summed E-state index contributed by atoms with van der Waals surface area (Å²) in [5, 5.41) is 2.94. The number of amides is 1. The standard InChI is InChI=1S/C16H18N4O3/c1-2-5-17-13-10-18-14-4-3-12(11-20(14)16(13)22)15(21)19-6-8-23-9-7-19/h2-4,10-11,17H,1,5-9H2. The van der Waals surface area contributed by atoms with E-state index in [9.17, 15) is 9.59 Å². The first-order valence-corrected chi connectivity index (χ1v) is 7.44. The van der Waals surface area contributed by atoms with Crippen molar-refractivity contribution in [2.75, 3.05) is 38.2 Å². The summed E-state index contributed by atoms with van der Waals surface area (Å²) in [6.45, 7) is 6.27. The van der Waals surface area contributed by atoms with Gasteiger partial charge in [-0.1, -0.05) is 6.08 Å². The summed E-state index contributed by atoms with van der Waals surface area (Å²) in [6.07, 6.45) is 4.69. The lowest BCUT2D eigenvalue weighted by Crippen LogP contribution is -2.40. The molecular weight excluding hydrogens is 296 g/mol. The third-order valence-corrected chi connectivity index (χ3v) is 3.68. The average Bonchev–Trinajstić information content (AvgIpc) is 2.61. The highest BCUT2D eigenvalue weighted by Gasteiger charge is 2.19. The largest absolute Gasteiger partial charge is 0.378 e. The van der Waals surface area contributed by atoms with Crippen LogP contribution in [-0.2, 0) is 4.74 Å². The molecule has 120 valence electrons. The van der Waals surface area contributed by atoms with Gasteiger partial charge in [-0.2, -0.15) is 0 Å². The number of hydrogen-bond donors (Lipinski definition) is 1. The lowest BCUT2D eigenvalue weighted by Gasteiger charge is -2.26. The van der Waals surface area contributed by atoms with Gasteiger partial charge in [-0.15, -0.1) is 6.58 Å². The summed E-state index contributed by atoms with van der Waals surface area (Å²) in [5.74, 6) is -0.105. The Bertz CT molecular complexity index is 794. The molecule has 3 rings (SSSR count). The van der Waals surface area contributed by atoms with Gasteiger partial charge < -0.3 is 15.0 Å². The van der Waals surface area contributed by atoms with E-state index in [1.54, 1.807) is 29.3 Å². The molecule has 1 aliphatic heterocycles. The fourth-order valence-electron chi connectivity index (χ4n) is 2.46. The summed E-state index contributed by atoms with van der Waals surface area (Å²) in [7, 11) is 0. The van der Waals surface area contributed by atoms with Crippen molar-refractivity contribution in [1.82, 2.24) is 14.3 Å². The summed E-state index contributed by atoms with van der Waals surface area (Å²) < 4.78 is 6.64. The third kappa shape index (κ3) is 3.09. The number of nitrogens with zero attached hydrogens (tertiary/aromatic N) is 3. The maximum Gasteiger partial charge on any atom is 0.281 e. The molecule has 0 aromatic carbocycles. The Kier molecular flexibility index (Phi) is 4.38. The fourth-order valence-corrected chi connectivity index (χ4v) is 2.46. The van der Waals surface area contributed by atoms with Gasteiger partial charge in [-0.25, -0.2) is 4.98 Å². The Morgan fingerprint density at radius 2 is 2.17 bits per heavy atom. The molecule has 0 atom stereocenters. The van der Waals surface area contributed by atoms with E-state index in [-0.39, 0.29) is 11.5 Å². The molecule has 0 radical (unpaired) electrons. The molecule has 1 fully saturated rings. The smallest absolute Gasteiger partial charge is 0.281 e. The highest BCUT2D eigenvalue weighted by molar-refractivity contribution is 5.94. The molecule has 1 N–H and O–H groups in total. The molecule has 7 nitrogen and oxygen atoms in total. The van der Waals surface area contributed by atoms with Crippen LogP contribution in [-0.4, -0.2) is 53.0 Å². The van der Waals surface area contributed by atoms with Crippen LogP contribution < -0.4 is 10.9 Å². The second-order valence-corrected chi connectivity index (χ2v) is 5.20. The van der Waals surface area contributed by atoms with Crippen molar-refractivity contribution in [1.29, 1.82) is 0 Å². The number of carbonyl (C=O) groups is 1. The van der Waals surface area contributed by atoms with Gasteiger partial charge in [0.25, 0.3) is 11.5 Å². The number of hydrogen-bond acceptors (Lipinski definition) is 5. The lowest BCUT2D eigenvalue weighted by molar-refractivity contribution is 0.0302. The van der Waals surface area contributed by atoms with Crippen molar-refractivity contribution < 1.29 is 9.53 Å². The second kappa shape index (κ2) is 6.62. The molecule has 2 aromatic heterocycles. The van der Waals surface area contributed by atoms with Gasteiger partial charge in [-0.05, 0) is 12.1 Å². The Labute approximate surface area is 133 Å². The van der Waals surface area contributed by atoms with Gasteiger partial charge in [0.2, 0.25) is 0 Å². The summed E-state index contributed by atoms with van der Waals surface area (Å²) in [4.78, 5) is 30.9. The summed E-state index contributed by atoms with van der Waals surface area (Å²) >= 11 is 0. The van der Waals surface area contributed by atoms with Crippen LogP contribution in [0.4, 0.5) is 5.69 Å². The van der Waals surface area contributed by atoms with Gasteiger partial charge in [0.05, 0.1) is 25.0 Å². The van der Waals surface area contributed by atoms with Crippen LogP contribution in [0.2, 0.25) is 0 Å². The maximum absolute atomic E-state index is 12.5. The van der Waals surface area contributed by atoms with Crippen molar-refractivity contribution in [2.45, 2.75) is 0 Å². The number of ether oxygens (including phenoxy) is 1. The predicted octanol–water partition coefficient (Wildman–Crippen LogP) is 0.765. The molecule has 1 aliphatic rings. The molecule has 3 heterocycles. The van der Waals surface area contributed by atoms with Crippen molar-refractivity contribution in [3.05, 3.63) is 53.1 Å². The minimum absolute atomic E-state index is 0.105. The molecule has 0 aliphatic carbocycles. The van der Waals surface area contributed by atoms with Gasteiger partial charge in [-0.3, -0.25) is 14.0 Å². The Hall–Kier alpha value is -2.67. The zero-order valence-corrected chi connectivity index (χ0v) is 12.7. The number of aromatic nitrogens is 2. The second-order valence-electron chi connectivity index (χ2n) is 5.20. The van der Waals surface area contributed by atoms with E-state index in [4.69, 9.17) is 4.74 Å². The van der Waals surface area contributed by atoms with Crippen LogP contribution in [0, 0.1) is 0 Å². The molecule has 0 spiro atoms. The lowest BCUT2D eigenvalue weighted by atomic mass is 10.2. The quantitative estimate of drug-likeness (QED) is 0.844. The van der Waals surface area contributed by atoms with E-state index in [0.29, 0.717) is 49.7 Å². The average molecular weight is 314 g/mol. The number of morpholine rings is 1. The van der Waals surface area contributed by atoms with Crippen molar-refractivity contribution in [3.63, 3.8) is 0 Å². The highest BCUT2D eigenvalue weighted by Crippen LogP contribution is 2.09. The molecule has 0 bridgehead atoms. The minimum Gasteiger partial charge on any atom is -0.378 e. The predicted molar refractivity (Wildman–Crippen MR) is 86.9 cm³/mol. The van der Waals surface area contributed by atoms with Crippen molar-refractivity contribution in [3.8, 4) is 0 Å². The van der Waals surface area contributed by atoms with Crippen LogP contribution in [0.5, 0.6) is 0 Å². The Morgan fingerprint density at radius 1 is 1.39 bits per heavy atom. The van der Waals surface area contributed by atoms with Crippen LogP contribution in [0.3, 0.4) is 0 Å². The zero-order valence-electron chi connectivity index (χ0n) is 12.7. The number of pyridine rings is 1. The van der Waals surface area contributed by atoms with Gasteiger partial charge in [0.1, 0.15) is 11.3 Å². The summed E-state index contributed by atoms with van der Waals surface area (Å²) in [6, 6.07) is 3.36. The van der Waals surface area contributed by atoms with Crippen molar-refractivity contribution >= 4 is 17.2 Å². The number of fused-ring (bicyclic) bond motifs is 1. The first-order valence-electron chi connectivity index (χ1n) is 7.44. The highest BCUT2D eigenvalue weighted by atomic mass is 16.5. The van der Waals surface area contributed by atoms with Crippen LogP contribution in [0.15, 0.2) is 42.0 Å². The van der Waals surface area contributed by atoms with Gasteiger partial charge >= 0.3 is 0 Å². The normalized spacial score (nSPS) is 14.7.